The molecule has 2 aliphatic rings. The number of unbranched alkanes of at least 4 members (excludes halogenated alkanes) is 1. The number of aromatic nitrogens is 1. The summed E-state index contributed by atoms with van der Waals surface area (Å²) in [5.41, 5.74) is 0.246. The quantitative estimate of drug-likeness (QED) is 0.362. The van der Waals surface area contributed by atoms with Gasteiger partial charge in [-0.15, -0.1) is 11.3 Å². The second-order valence-corrected chi connectivity index (χ2v) is 9.74. The summed E-state index contributed by atoms with van der Waals surface area (Å²) in [4.78, 5) is 27.9. The molecule has 3 rings (SSSR count). The zero-order valence-corrected chi connectivity index (χ0v) is 20.6. The monoisotopic (exact) mass is 501 g/mol. The SMILES string of the molecule is CCCCC(F)(F)C(O)/C=C/[C@@H]1[C@H]2CC[C@H](c3nc(C(=O)OCC)cs3)O[C@H]2C[C@H]1OC(C)=O. The fourth-order valence-electron chi connectivity index (χ4n) is 4.70. The summed E-state index contributed by atoms with van der Waals surface area (Å²) < 4.78 is 45.2. The summed E-state index contributed by atoms with van der Waals surface area (Å²) in [6, 6.07) is 0. The van der Waals surface area contributed by atoms with Gasteiger partial charge >= 0.3 is 11.9 Å². The van der Waals surface area contributed by atoms with Crippen LogP contribution < -0.4 is 0 Å². The molecule has 1 saturated carbocycles. The highest BCUT2D eigenvalue weighted by Crippen LogP contribution is 2.47. The maximum absolute atomic E-state index is 14.2. The molecule has 0 bridgehead atoms. The Balaban J connectivity index is 1.70. The van der Waals surface area contributed by atoms with Crippen molar-refractivity contribution >= 4 is 23.3 Å². The Morgan fingerprint density at radius 3 is 2.82 bits per heavy atom. The second kappa shape index (κ2) is 11.7. The number of rotatable bonds is 10. The van der Waals surface area contributed by atoms with Gasteiger partial charge < -0.3 is 19.3 Å². The highest BCUT2D eigenvalue weighted by molar-refractivity contribution is 7.09. The first kappa shape index (κ1) is 26.7. The number of aliphatic hydroxyl groups excluding tert-OH is 1. The van der Waals surface area contributed by atoms with E-state index in [2.05, 4.69) is 4.98 Å². The van der Waals surface area contributed by atoms with Crippen LogP contribution in [0, 0.1) is 11.8 Å². The van der Waals surface area contributed by atoms with E-state index in [1.54, 1.807) is 18.4 Å². The fourth-order valence-corrected chi connectivity index (χ4v) is 5.56. The molecule has 1 saturated heterocycles. The lowest BCUT2D eigenvalue weighted by Crippen LogP contribution is -2.33. The van der Waals surface area contributed by atoms with E-state index in [0.29, 0.717) is 37.1 Å². The molecular weight excluding hydrogens is 468 g/mol. The van der Waals surface area contributed by atoms with Crippen molar-refractivity contribution < 1.29 is 37.7 Å². The molecule has 0 aromatic carbocycles. The predicted octanol–water partition coefficient (Wildman–Crippen LogP) is 4.85. The maximum atomic E-state index is 14.2. The minimum atomic E-state index is -3.21. The van der Waals surface area contributed by atoms with Crippen LogP contribution in [0.25, 0.3) is 0 Å². The molecule has 0 amide bonds. The van der Waals surface area contributed by atoms with Crippen LogP contribution >= 0.6 is 11.3 Å². The van der Waals surface area contributed by atoms with Gasteiger partial charge in [0.25, 0.3) is 5.92 Å². The summed E-state index contributed by atoms with van der Waals surface area (Å²) in [6.07, 6.45) is 2.03. The van der Waals surface area contributed by atoms with Gasteiger partial charge in [-0.05, 0) is 32.1 Å². The molecule has 10 heteroatoms. The number of fused-ring (bicyclic) bond motifs is 1. The lowest BCUT2D eigenvalue weighted by molar-refractivity contribution is -0.147. The van der Waals surface area contributed by atoms with Gasteiger partial charge in [-0.25, -0.2) is 18.6 Å². The second-order valence-electron chi connectivity index (χ2n) is 8.85. The standard InChI is InChI=1S/C24H33F2NO6S/c1-4-6-11-24(25,26)21(29)10-8-16-15-7-9-18(33-20(15)12-19(16)32-14(3)28)22-27-17(13-34-22)23(30)31-5-2/h8,10,13,15-16,18-21,29H,4-7,9,11-12H2,1-3H3/b10-8+/t15-,16-,18-,19-,20+,21?/m1/s1. The lowest BCUT2D eigenvalue weighted by atomic mass is 9.85. The minimum absolute atomic E-state index is 0.0437. The van der Waals surface area contributed by atoms with E-state index < -0.39 is 30.1 Å². The van der Waals surface area contributed by atoms with E-state index in [4.69, 9.17) is 14.2 Å². The highest BCUT2D eigenvalue weighted by atomic mass is 32.1. The Kier molecular flexibility index (Phi) is 9.17. The van der Waals surface area contributed by atoms with E-state index in [9.17, 15) is 23.5 Å². The Labute approximate surface area is 202 Å². The number of hydrogen-bond acceptors (Lipinski definition) is 8. The molecular formula is C24H33F2NO6S. The number of ether oxygens (including phenoxy) is 3. The maximum Gasteiger partial charge on any atom is 0.357 e. The van der Waals surface area contributed by atoms with Crippen molar-refractivity contribution in [2.24, 2.45) is 11.8 Å². The number of nitrogens with zero attached hydrogens (tertiary/aromatic N) is 1. The van der Waals surface area contributed by atoms with E-state index in [1.165, 1.54) is 18.3 Å². The molecule has 1 aliphatic carbocycles. The Hall–Kier alpha value is -1.91. The van der Waals surface area contributed by atoms with Gasteiger partial charge in [-0.3, -0.25) is 4.79 Å². The summed E-state index contributed by atoms with van der Waals surface area (Å²) in [6.45, 7) is 5.12. The van der Waals surface area contributed by atoms with Crippen LogP contribution in [0.4, 0.5) is 8.78 Å². The van der Waals surface area contributed by atoms with Crippen molar-refractivity contribution in [2.45, 2.75) is 89.6 Å². The topological polar surface area (TPSA) is 95.0 Å². The number of thiazole rings is 1. The van der Waals surface area contributed by atoms with Crippen molar-refractivity contribution in [2.75, 3.05) is 6.61 Å². The van der Waals surface area contributed by atoms with Crippen molar-refractivity contribution in [3.63, 3.8) is 0 Å². The molecule has 0 spiro atoms. The van der Waals surface area contributed by atoms with Gasteiger partial charge in [0.1, 0.15) is 23.3 Å². The number of hydrogen-bond donors (Lipinski definition) is 1. The largest absolute Gasteiger partial charge is 0.462 e. The van der Waals surface area contributed by atoms with Gasteiger partial charge in [0.2, 0.25) is 0 Å². The first-order chi connectivity index (χ1) is 16.2. The number of esters is 2. The highest BCUT2D eigenvalue weighted by Gasteiger charge is 2.48. The van der Waals surface area contributed by atoms with Crippen molar-refractivity contribution in [3.8, 4) is 0 Å². The molecule has 34 heavy (non-hydrogen) atoms. The molecule has 2 heterocycles. The van der Waals surface area contributed by atoms with Gasteiger partial charge in [0.05, 0.1) is 12.7 Å². The van der Waals surface area contributed by atoms with Crippen LogP contribution in [0.1, 0.15) is 80.9 Å². The molecule has 0 radical (unpaired) electrons. The number of aliphatic hydroxyl groups is 1. The summed E-state index contributed by atoms with van der Waals surface area (Å²) >= 11 is 1.33. The zero-order chi connectivity index (χ0) is 24.9. The smallest absolute Gasteiger partial charge is 0.357 e. The molecule has 7 nitrogen and oxygen atoms in total. The lowest BCUT2D eigenvalue weighted by Gasteiger charge is -2.33. The molecule has 1 aromatic rings. The van der Waals surface area contributed by atoms with E-state index in [-0.39, 0.29) is 42.8 Å². The van der Waals surface area contributed by atoms with Gasteiger partial charge in [0.15, 0.2) is 5.69 Å². The number of alkyl halides is 2. The zero-order valence-electron chi connectivity index (χ0n) is 19.7. The van der Waals surface area contributed by atoms with Crippen LogP contribution in [-0.2, 0) is 19.0 Å². The third kappa shape index (κ3) is 6.40. The summed E-state index contributed by atoms with van der Waals surface area (Å²) in [5, 5.41) is 12.4. The average molecular weight is 502 g/mol. The minimum Gasteiger partial charge on any atom is -0.462 e. The third-order valence-electron chi connectivity index (χ3n) is 6.38. The number of carbonyl (C=O) groups excluding carboxylic acids is 2. The fraction of sp³-hybridized carbons (Fsp3) is 0.708. The van der Waals surface area contributed by atoms with Crippen LogP contribution in [0.15, 0.2) is 17.5 Å². The predicted molar refractivity (Wildman–Crippen MR) is 122 cm³/mol. The van der Waals surface area contributed by atoms with Crippen LogP contribution in [0.2, 0.25) is 0 Å². The molecule has 1 aromatic heterocycles. The third-order valence-corrected chi connectivity index (χ3v) is 7.32. The van der Waals surface area contributed by atoms with E-state index in [1.807, 2.05) is 6.92 Å². The average Bonchev–Trinajstić information content (AvgIpc) is 3.40. The number of carbonyl (C=O) groups is 2. The first-order valence-electron chi connectivity index (χ1n) is 11.9. The molecule has 1 unspecified atom stereocenters. The normalized spacial score (nSPS) is 28.0. The van der Waals surface area contributed by atoms with Crippen molar-refractivity contribution in [1.29, 1.82) is 0 Å². The van der Waals surface area contributed by atoms with Crippen LogP contribution in [0.5, 0.6) is 0 Å². The Morgan fingerprint density at radius 1 is 1.38 bits per heavy atom. The van der Waals surface area contributed by atoms with Crippen molar-refractivity contribution in [1.82, 2.24) is 4.98 Å². The van der Waals surface area contributed by atoms with E-state index in [0.717, 1.165) is 6.08 Å². The van der Waals surface area contributed by atoms with Gasteiger partial charge in [-0.2, -0.15) is 0 Å². The Morgan fingerprint density at radius 2 is 2.15 bits per heavy atom. The van der Waals surface area contributed by atoms with Crippen LogP contribution in [0.3, 0.4) is 0 Å². The molecule has 2 fully saturated rings. The molecule has 6 atom stereocenters. The van der Waals surface area contributed by atoms with Crippen LogP contribution in [-0.4, -0.2) is 52.9 Å². The molecule has 1 N–H and O–H groups in total. The first-order valence-corrected chi connectivity index (χ1v) is 12.7. The summed E-state index contributed by atoms with van der Waals surface area (Å²) in [7, 11) is 0. The van der Waals surface area contributed by atoms with Gasteiger partial charge in [-0.1, -0.05) is 25.5 Å². The van der Waals surface area contributed by atoms with E-state index >= 15 is 0 Å². The summed E-state index contributed by atoms with van der Waals surface area (Å²) in [5.74, 6) is -4.52. The molecule has 190 valence electrons. The Bertz CT molecular complexity index is 875. The van der Waals surface area contributed by atoms with Crippen molar-refractivity contribution in [3.05, 3.63) is 28.2 Å². The molecule has 1 aliphatic heterocycles. The van der Waals surface area contributed by atoms with Gasteiger partial charge in [0, 0.05) is 31.1 Å². The number of halogens is 2.